The molecule has 0 saturated carbocycles. The fourth-order valence-electron chi connectivity index (χ4n) is 1.79. The lowest BCUT2D eigenvalue weighted by molar-refractivity contribution is 0.479. The topological polar surface area (TPSA) is 21.3 Å². The molecule has 108 valence electrons. The molecule has 4 heteroatoms. The smallest absolute Gasteiger partial charge is 0.140 e. The van der Waals surface area contributed by atoms with Crippen molar-refractivity contribution in [3.05, 3.63) is 57.2 Å². The second-order valence-corrected chi connectivity index (χ2v) is 5.70. The van der Waals surface area contributed by atoms with E-state index in [0.29, 0.717) is 0 Å². The molecule has 2 aromatic carbocycles. The van der Waals surface area contributed by atoms with Gasteiger partial charge >= 0.3 is 0 Å². The fourth-order valence-corrected chi connectivity index (χ4v) is 2.48. The summed E-state index contributed by atoms with van der Waals surface area (Å²) in [4.78, 5) is 0. The van der Waals surface area contributed by atoms with Crippen LogP contribution in [0.1, 0.15) is 11.1 Å². The van der Waals surface area contributed by atoms with Gasteiger partial charge in [0.2, 0.25) is 0 Å². The highest BCUT2D eigenvalue weighted by Crippen LogP contribution is 2.27. The van der Waals surface area contributed by atoms with Crippen LogP contribution in [-0.2, 0) is 6.42 Å². The SMILES string of the molecule is CNCCc1ccc(Oc2ccc(C)cc2)c(I)c1.Cl. The monoisotopic (exact) mass is 403 g/mol. The van der Waals surface area contributed by atoms with Crippen molar-refractivity contribution in [3.8, 4) is 11.5 Å². The van der Waals surface area contributed by atoms with E-state index in [9.17, 15) is 0 Å². The Morgan fingerprint density at radius 1 is 1.10 bits per heavy atom. The van der Waals surface area contributed by atoms with Gasteiger partial charge in [-0.25, -0.2) is 0 Å². The maximum Gasteiger partial charge on any atom is 0.140 e. The number of ether oxygens (including phenoxy) is 1. The average molecular weight is 404 g/mol. The molecule has 0 saturated heterocycles. The molecule has 2 rings (SSSR count). The third-order valence-corrected chi connectivity index (χ3v) is 3.75. The maximum atomic E-state index is 5.90. The van der Waals surface area contributed by atoms with Crippen LogP contribution >= 0.6 is 35.0 Å². The fraction of sp³-hybridized carbons (Fsp3) is 0.250. The van der Waals surface area contributed by atoms with Crippen LogP contribution in [0, 0.1) is 10.5 Å². The molecule has 0 aliphatic heterocycles. The summed E-state index contributed by atoms with van der Waals surface area (Å²) in [7, 11) is 1.97. The largest absolute Gasteiger partial charge is 0.456 e. The first-order valence-electron chi connectivity index (χ1n) is 6.36. The number of likely N-dealkylation sites (N-methyl/N-ethyl adjacent to an activating group) is 1. The summed E-state index contributed by atoms with van der Waals surface area (Å²) in [6, 6.07) is 14.5. The van der Waals surface area contributed by atoms with Gasteiger partial charge in [-0.1, -0.05) is 23.8 Å². The van der Waals surface area contributed by atoms with E-state index in [1.54, 1.807) is 0 Å². The summed E-state index contributed by atoms with van der Waals surface area (Å²) in [5.74, 6) is 1.80. The van der Waals surface area contributed by atoms with E-state index in [1.165, 1.54) is 11.1 Å². The summed E-state index contributed by atoms with van der Waals surface area (Å²) in [6.07, 6.45) is 1.04. The number of hydrogen-bond donors (Lipinski definition) is 1. The Balaban J connectivity index is 0.00000200. The van der Waals surface area contributed by atoms with E-state index in [2.05, 4.69) is 59.1 Å². The van der Waals surface area contributed by atoms with E-state index in [0.717, 1.165) is 28.0 Å². The van der Waals surface area contributed by atoms with Gasteiger partial charge in [-0.2, -0.15) is 0 Å². The van der Waals surface area contributed by atoms with Gasteiger partial charge < -0.3 is 10.1 Å². The van der Waals surface area contributed by atoms with E-state index in [4.69, 9.17) is 4.74 Å². The molecular formula is C16H19ClINO. The van der Waals surface area contributed by atoms with Gasteiger partial charge in [0, 0.05) is 0 Å². The van der Waals surface area contributed by atoms with Gasteiger partial charge in [0.1, 0.15) is 11.5 Å². The van der Waals surface area contributed by atoms with Crippen LogP contribution < -0.4 is 10.1 Å². The Morgan fingerprint density at radius 2 is 1.80 bits per heavy atom. The minimum atomic E-state index is 0. The molecule has 0 fully saturated rings. The lowest BCUT2D eigenvalue weighted by Gasteiger charge is -2.09. The van der Waals surface area contributed by atoms with Gasteiger partial charge in [-0.15, -0.1) is 12.4 Å². The molecule has 2 nitrogen and oxygen atoms in total. The minimum Gasteiger partial charge on any atom is -0.456 e. The zero-order valence-electron chi connectivity index (χ0n) is 11.7. The lowest BCUT2D eigenvalue weighted by atomic mass is 10.1. The minimum absolute atomic E-state index is 0. The van der Waals surface area contributed by atoms with Gasteiger partial charge in [0.25, 0.3) is 0 Å². The first-order chi connectivity index (χ1) is 9.19. The Labute approximate surface area is 140 Å². The second-order valence-electron chi connectivity index (χ2n) is 4.53. The molecule has 0 aliphatic rings. The Hall–Kier alpha value is -0.780. The molecule has 2 aromatic rings. The zero-order chi connectivity index (χ0) is 13.7. The number of nitrogens with one attached hydrogen (secondary N) is 1. The Kier molecular flexibility index (Phi) is 7.34. The van der Waals surface area contributed by atoms with E-state index >= 15 is 0 Å². The summed E-state index contributed by atoms with van der Waals surface area (Å²) in [6.45, 7) is 3.07. The van der Waals surface area contributed by atoms with Crippen molar-refractivity contribution in [2.75, 3.05) is 13.6 Å². The van der Waals surface area contributed by atoms with Crippen LogP contribution in [0.2, 0.25) is 0 Å². The van der Waals surface area contributed by atoms with Crippen molar-refractivity contribution in [2.24, 2.45) is 0 Å². The summed E-state index contributed by atoms with van der Waals surface area (Å²) in [5.41, 5.74) is 2.57. The van der Waals surface area contributed by atoms with Crippen molar-refractivity contribution in [2.45, 2.75) is 13.3 Å². The molecule has 0 aliphatic carbocycles. The second kappa shape index (κ2) is 8.49. The lowest BCUT2D eigenvalue weighted by Crippen LogP contribution is -2.10. The number of hydrogen-bond acceptors (Lipinski definition) is 2. The normalized spacial score (nSPS) is 9.95. The molecule has 0 atom stereocenters. The first kappa shape index (κ1) is 17.3. The van der Waals surface area contributed by atoms with Crippen molar-refractivity contribution >= 4 is 35.0 Å². The molecular weight excluding hydrogens is 385 g/mol. The third-order valence-electron chi connectivity index (χ3n) is 2.91. The Morgan fingerprint density at radius 3 is 2.40 bits per heavy atom. The van der Waals surface area contributed by atoms with Crippen molar-refractivity contribution in [3.63, 3.8) is 0 Å². The molecule has 0 spiro atoms. The highest BCUT2D eigenvalue weighted by molar-refractivity contribution is 14.1. The quantitative estimate of drug-likeness (QED) is 0.738. The number of benzene rings is 2. The number of aryl methyl sites for hydroxylation is 1. The molecule has 20 heavy (non-hydrogen) atoms. The van der Waals surface area contributed by atoms with Crippen LogP contribution in [0.3, 0.4) is 0 Å². The van der Waals surface area contributed by atoms with E-state index in [-0.39, 0.29) is 12.4 Å². The maximum absolute atomic E-state index is 5.90. The van der Waals surface area contributed by atoms with Crippen LogP contribution in [0.4, 0.5) is 0 Å². The van der Waals surface area contributed by atoms with Crippen LogP contribution in [0.15, 0.2) is 42.5 Å². The highest BCUT2D eigenvalue weighted by atomic mass is 127. The zero-order valence-corrected chi connectivity index (χ0v) is 14.6. The summed E-state index contributed by atoms with van der Waals surface area (Å²) < 4.78 is 7.05. The molecule has 0 radical (unpaired) electrons. The number of rotatable bonds is 5. The highest BCUT2D eigenvalue weighted by Gasteiger charge is 2.04. The number of halogens is 2. The molecule has 0 heterocycles. The van der Waals surface area contributed by atoms with Crippen LogP contribution in [0.25, 0.3) is 0 Å². The molecule has 1 N–H and O–H groups in total. The standard InChI is InChI=1S/C16H18INO.ClH/c1-12-3-6-14(7-4-12)19-16-8-5-13(9-10-18-2)11-15(16)17;/h3-8,11,18H,9-10H2,1-2H3;1H. The van der Waals surface area contributed by atoms with Crippen molar-refractivity contribution in [1.29, 1.82) is 0 Å². The Bertz CT molecular complexity index is 543. The molecule has 0 amide bonds. The van der Waals surface area contributed by atoms with Crippen molar-refractivity contribution < 1.29 is 4.74 Å². The predicted molar refractivity (Wildman–Crippen MR) is 95.3 cm³/mol. The molecule has 0 bridgehead atoms. The van der Waals surface area contributed by atoms with E-state index < -0.39 is 0 Å². The third kappa shape index (κ3) is 4.96. The van der Waals surface area contributed by atoms with Crippen molar-refractivity contribution in [1.82, 2.24) is 5.32 Å². The van der Waals surface area contributed by atoms with Crippen LogP contribution in [-0.4, -0.2) is 13.6 Å². The van der Waals surface area contributed by atoms with Gasteiger partial charge in [0.15, 0.2) is 0 Å². The van der Waals surface area contributed by atoms with Gasteiger partial charge in [0.05, 0.1) is 3.57 Å². The molecule has 0 unspecified atom stereocenters. The molecule has 0 aromatic heterocycles. The van der Waals surface area contributed by atoms with Gasteiger partial charge in [-0.05, 0) is 79.4 Å². The predicted octanol–water partition coefficient (Wildman–Crippen LogP) is 4.58. The summed E-state index contributed by atoms with van der Waals surface area (Å²) >= 11 is 2.33. The van der Waals surface area contributed by atoms with E-state index in [1.807, 2.05) is 25.2 Å². The van der Waals surface area contributed by atoms with Crippen LogP contribution in [0.5, 0.6) is 11.5 Å². The summed E-state index contributed by atoms with van der Waals surface area (Å²) in [5, 5.41) is 3.16. The average Bonchev–Trinajstić information content (AvgIpc) is 2.41. The van der Waals surface area contributed by atoms with Gasteiger partial charge in [-0.3, -0.25) is 0 Å². The first-order valence-corrected chi connectivity index (χ1v) is 7.44.